The second kappa shape index (κ2) is 7.23. The van der Waals surface area contributed by atoms with Crippen molar-refractivity contribution in [3.63, 3.8) is 0 Å². The normalized spacial score (nSPS) is 17.6. The second-order valence-corrected chi connectivity index (χ2v) is 7.00. The number of ether oxygens (including phenoxy) is 1. The highest BCUT2D eigenvalue weighted by Gasteiger charge is 2.33. The number of benzene rings is 1. The first kappa shape index (κ1) is 18.4. The maximum absolute atomic E-state index is 13.1. The van der Waals surface area contributed by atoms with Crippen LogP contribution in [0.15, 0.2) is 33.9 Å². The van der Waals surface area contributed by atoms with E-state index in [-0.39, 0.29) is 37.2 Å². The van der Waals surface area contributed by atoms with E-state index in [1.165, 1.54) is 21.6 Å². The van der Waals surface area contributed by atoms with Crippen LogP contribution in [0.2, 0.25) is 0 Å². The number of fused-ring (bicyclic) bond motifs is 1. The fraction of sp³-hybridized carbons (Fsp3) is 0.421. The van der Waals surface area contributed by atoms with E-state index in [0.717, 1.165) is 4.57 Å². The Kier molecular flexibility index (Phi) is 4.76. The first-order chi connectivity index (χ1) is 13.5. The van der Waals surface area contributed by atoms with E-state index in [0.29, 0.717) is 31.6 Å². The van der Waals surface area contributed by atoms with E-state index in [4.69, 9.17) is 4.74 Å². The number of rotatable bonds is 3. The van der Waals surface area contributed by atoms with Gasteiger partial charge in [-0.3, -0.25) is 18.7 Å². The SMILES string of the molecule is O=C1c2c(O)c(=O)n(C3CCOCC3)c(=O)n2CCN1Cc1ccc(F)cc1. The lowest BCUT2D eigenvalue weighted by Crippen LogP contribution is -2.51. The molecule has 148 valence electrons. The minimum Gasteiger partial charge on any atom is -0.501 e. The molecule has 0 spiro atoms. The van der Waals surface area contributed by atoms with Crippen LogP contribution in [0.3, 0.4) is 0 Å². The summed E-state index contributed by atoms with van der Waals surface area (Å²) in [6, 6.07) is 5.36. The highest BCUT2D eigenvalue weighted by atomic mass is 19.1. The Morgan fingerprint density at radius 1 is 1.07 bits per heavy atom. The maximum atomic E-state index is 13.1. The van der Waals surface area contributed by atoms with Crippen molar-refractivity contribution in [2.75, 3.05) is 19.8 Å². The van der Waals surface area contributed by atoms with Crippen molar-refractivity contribution in [1.82, 2.24) is 14.0 Å². The van der Waals surface area contributed by atoms with Crippen molar-refractivity contribution in [2.24, 2.45) is 0 Å². The van der Waals surface area contributed by atoms with Gasteiger partial charge in [-0.2, -0.15) is 0 Å². The first-order valence-corrected chi connectivity index (χ1v) is 9.17. The third kappa shape index (κ3) is 3.11. The standard InChI is InChI=1S/C19H20FN3O5/c20-13-3-1-12(2-4-13)11-21-7-8-22-15(17(21)25)16(24)18(26)23(19(22)27)14-5-9-28-10-6-14/h1-4,14,24H,5-11H2. The van der Waals surface area contributed by atoms with Gasteiger partial charge in [0.15, 0.2) is 5.69 Å². The summed E-state index contributed by atoms with van der Waals surface area (Å²) in [5.41, 5.74) is -1.01. The van der Waals surface area contributed by atoms with E-state index >= 15 is 0 Å². The Bertz CT molecular complexity index is 1020. The Labute approximate surface area is 159 Å². The molecule has 0 aliphatic carbocycles. The van der Waals surface area contributed by atoms with Crippen LogP contribution in [0.1, 0.15) is 34.9 Å². The van der Waals surface area contributed by atoms with E-state index in [1.54, 1.807) is 12.1 Å². The minimum atomic E-state index is -0.847. The van der Waals surface area contributed by atoms with Gasteiger partial charge in [-0.05, 0) is 30.5 Å². The van der Waals surface area contributed by atoms with Gasteiger partial charge in [0.25, 0.3) is 11.5 Å². The largest absolute Gasteiger partial charge is 0.501 e. The molecule has 9 heteroatoms. The van der Waals surface area contributed by atoms with Crippen LogP contribution < -0.4 is 11.2 Å². The Morgan fingerprint density at radius 3 is 2.43 bits per heavy atom. The number of hydrogen-bond donors (Lipinski definition) is 1. The molecule has 2 aromatic rings. The van der Waals surface area contributed by atoms with Crippen LogP contribution >= 0.6 is 0 Å². The molecule has 0 radical (unpaired) electrons. The molecule has 1 fully saturated rings. The van der Waals surface area contributed by atoms with E-state index in [1.807, 2.05) is 0 Å². The number of aromatic hydroxyl groups is 1. The third-order valence-electron chi connectivity index (χ3n) is 5.28. The van der Waals surface area contributed by atoms with Gasteiger partial charge in [0.05, 0.1) is 0 Å². The zero-order valence-electron chi connectivity index (χ0n) is 15.1. The predicted molar refractivity (Wildman–Crippen MR) is 96.9 cm³/mol. The summed E-state index contributed by atoms with van der Waals surface area (Å²) in [6.07, 6.45) is 0.997. The third-order valence-corrected chi connectivity index (χ3v) is 5.28. The fourth-order valence-corrected chi connectivity index (χ4v) is 3.78. The summed E-state index contributed by atoms with van der Waals surface area (Å²) >= 11 is 0. The molecule has 1 saturated heterocycles. The second-order valence-electron chi connectivity index (χ2n) is 7.00. The lowest BCUT2D eigenvalue weighted by atomic mass is 10.1. The average Bonchev–Trinajstić information content (AvgIpc) is 2.70. The van der Waals surface area contributed by atoms with Crippen LogP contribution in [0.25, 0.3) is 0 Å². The zero-order valence-corrected chi connectivity index (χ0v) is 15.1. The van der Waals surface area contributed by atoms with Crippen LogP contribution in [0.5, 0.6) is 5.75 Å². The van der Waals surface area contributed by atoms with Crippen LogP contribution in [-0.2, 0) is 17.8 Å². The molecule has 1 aromatic heterocycles. The van der Waals surface area contributed by atoms with Gasteiger partial charge in [-0.15, -0.1) is 0 Å². The monoisotopic (exact) mass is 389 g/mol. The molecule has 1 amide bonds. The van der Waals surface area contributed by atoms with Crippen molar-refractivity contribution in [3.8, 4) is 5.75 Å². The molecule has 2 aliphatic rings. The molecule has 4 rings (SSSR count). The van der Waals surface area contributed by atoms with Gasteiger partial charge in [-0.25, -0.2) is 9.18 Å². The molecule has 0 saturated carbocycles. The highest BCUT2D eigenvalue weighted by molar-refractivity contribution is 5.95. The highest BCUT2D eigenvalue weighted by Crippen LogP contribution is 2.22. The van der Waals surface area contributed by atoms with Crippen LogP contribution in [0, 0.1) is 5.82 Å². The summed E-state index contributed by atoms with van der Waals surface area (Å²) in [4.78, 5) is 39.8. The molecular formula is C19H20FN3O5. The van der Waals surface area contributed by atoms with Gasteiger partial charge >= 0.3 is 5.69 Å². The van der Waals surface area contributed by atoms with E-state index in [9.17, 15) is 23.9 Å². The molecule has 1 N–H and O–H groups in total. The Hall–Kier alpha value is -2.94. The van der Waals surface area contributed by atoms with Crippen molar-refractivity contribution >= 4 is 5.91 Å². The van der Waals surface area contributed by atoms with Crippen molar-refractivity contribution in [1.29, 1.82) is 0 Å². The molecule has 1 aromatic carbocycles. The van der Waals surface area contributed by atoms with Crippen LogP contribution in [-0.4, -0.2) is 44.8 Å². The molecule has 8 nitrogen and oxygen atoms in total. The Balaban J connectivity index is 1.70. The van der Waals surface area contributed by atoms with Gasteiger partial charge in [0.1, 0.15) is 5.82 Å². The number of amides is 1. The first-order valence-electron chi connectivity index (χ1n) is 9.17. The van der Waals surface area contributed by atoms with E-state index in [2.05, 4.69) is 0 Å². The lowest BCUT2D eigenvalue weighted by Gasteiger charge is -2.31. The van der Waals surface area contributed by atoms with Gasteiger partial charge in [-0.1, -0.05) is 12.1 Å². The van der Waals surface area contributed by atoms with Gasteiger partial charge in [0.2, 0.25) is 5.75 Å². The molecule has 0 bridgehead atoms. The topological polar surface area (TPSA) is 93.8 Å². The molecule has 3 heterocycles. The predicted octanol–water partition coefficient (Wildman–Crippen LogP) is 0.862. The number of aromatic nitrogens is 2. The number of hydrogen-bond acceptors (Lipinski definition) is 5. The smallest absolute Gasteiger partial charge is 0.332 e. The number of halogens is 1. The summed E-state index contributed by atoms with van der Waals surface area (Å²) in [6.45, 7) is 1.47. The molecular weight excluding hydrogens is 369 g/mol. The zero-order chi connectivity index (χ0) is 19.8. The van der Waals surface area contributed by atoms with Gasteiger partial charge < -0.3 is 14.7 Å². The van der Waals surface area contributed by atoms with Gasteiger partial charge in [0, 0.05) is 38.9 Å². The number of carbonyl (C=O) groups is 1. The average molecular weight is 389 g/mol. The maximum Gasteiger partial charge on any atom is 0.332 e. The van der Waals surface area contributed by atoms with Crippen molar-refractivity contribution < 1.29 is 19.0 Å². The fourth-order valence-electron chi connectivity index (χ4n) is 3.78. The lowest BCUT2D eigenvalue weighted by molar-refractivity contribution is 0.0625. The quantitative estimate of drug-likeness (QED) is 0.841. The van der Waals surface area contributed by atoms with E-state index < -0.39 is 22.9 Å². The summed E-state index contributed by atoms with van der Waals surface area (Å²) in [5.74, 6) is -1.68. The summed E-state index contributed by atoms with van der Waals surface area (Å²) in [5, 5.41) is 10.4. The summed E-state index contributed by atoms with van der Waals surface area (Å²) in [7, 11) is 0. The molecule has 0 unspecified atom stereocenters. The number of nitrogens with zero attached hydrogens (tertiary/aromatic N) is 3. The Morgan fingerprint density at radius 2 is 1.75 bits per heavy atom. The molecule has 2 aliphatic heterocycles. The van der Waals surface area contributed by atoms with Crippen molar-refractivity contribution in [2.45, 2.75) is 32.0 Å². The van der Waals surface area contributed by atoms with Crippen molar-refractivity contribution in [3.05, 3.63) is 62.2 Å². The summed E-state index contributed by atoms with van der Waals surface area (Å²) < 4.78 is 20.6. The minimum absolute atomic E-state index is 0.165. The molecule has 28 heavy (non-hydrogen) atoms. The number of carbonyl (C=O) groups excluding carboxylic acids is 1. The van der Waals surface area contributed by atoms with Crippen LogP contribution in [0.4, 0.5) is 4.39 Å². The molecule has 0 atom stereocenters.